The zero-order chi connectivity index (χ0) is 20.8. The van der Waals surface area contributed by atoms with Gasteiger partial charge in [0.05, 0.1) is 24.7 Å². The summed E-state index contributed by atoms with van der Waals surface area (Å²) in [5.41, 5.74) is 0.229. The predicted molar refractivity (Wildman–Crippen MR) is 106 cm³/mol. The maximum absolute atomic E-state index is 12.7. The molecule has 0 amide bonds. The van der Waals surface area contributed by atoms with Gasteiger partial charge in [-0.1, -0.05) is 18.2 Å². The van der Waals surface area contributed by atoms with Crippen LogP contribution in [-0.4, -0.2) is 39.5 Å². The molecule has 29 heavy (non-hydrogen) atoms. The molecule has 0 fully saturated rings. The van der Waals surface area contributed by atoms with Gasteiger partial charge in [0, 0.05) is 32.6 Å². The number of rotatable bonds is 5. The normalized spacial score (nSPS) is 16.6. The van der Waals surface area contributed by atoms with E-state index in [1.165, 1.54) is 29.6 Å². The van der Waals surface area contributed by atoms with Gasteiger partial charge in [-0.3, -0.25) is 13.9 Å². The van der Waals surface area contributed by atoms with E-state index in [1.807, 2.05) is 24.3 Å². The average molecular weight is 419 g/mol. The molecule has 0 saturated carbocycles. The third-order valence-corrected chi connectivity index (χ3v) is 6.46. The Balaban J connectivity index is 1.57. The lowest BCUT2D eigenvalue weighted by Gasteiger charge is -2.26. The van der Waals surface area contributed by atoms with E-state index >= 15 is 0 Å². The van der Waals surface area contributed by atoms with Gasteiger partial charge in [0.25, 0.3) is 5.56 Å². The summed E-state index contributed by atoms with van der Waals surface area (Å²) in [7, 11) is -0.748. The largest absolute Gasteiger partial charge is 0.493 e. The zero-order valence-electron chi connectivity index (χ0n) is 16.0. The molecule has 0 radical (unpaired) electrons. The van der Waals surface area contributed by atoms with Crippen molar-refractivity contribution >= 4 is 21.2 Å². The summed E-state index contributed by atoms with van der Waals surface area (Å²) in [5, 5.41) is 0. The molecule has 0 bridgehead atoms. The van der Waals surface area contributed by atoms with Crippen LogP contribution in [0.1, 0.15) is 18.0 Å². The molecule has 1 unspecified atom stereocenters. The number of aryl methyl sites for hydroxylation is 2. The molecule has 3 aromatic rings. The van der Waals surface area contributed by atoms with E-state index in [4.69, 9.17) is 4.74 Å². The van der Waals surface area contributed by atoms with Crippen LogP contribution < -0.4 is 20.7 Å². The van der Waals surface area contributed by atoms with Crippen LogP contribution in [0.4, 0.5) is 0 Å². The zero-order valence-corrected chi connectivity index (χ0v) is 16.8. The van der Waals surface area contributed by atoms with Gasteiger partial charge >= 0.3 is 5.69 Å². The second kappa shape index (κ2) is 7.16. The van der Waals surface area contributed by atoms with Gasteiger partial charge in [-0.05, 0) is 6.07 Å². The first-order valence-electron chi connectivity index (χ1n) is 9.11. The number of hydrogen-bond acceptors (Lipinski definition) is 6. The van der Waals surface area contributed by atoms with Crippen molar-refractivity contribution in [2.24, 2.45) is 14.1 Å². The molecule has 0 aliphatic carbocycles. The minimum absolute atomic E-state index is 0.0319. The third-order valence-electron chi connectivity index (χ3n) is 5.10. The molecule has 1 N–H and O–H groups in total. The van der Waals surface area contributed by atoms with Crippen LogP contribution in [0.3, 0.4) is 0 Å². The van der Waals surface area contributed by atoms with Crippen molar-refractivity contribution in [2.75, 3.05) is 12.4 Å². The summed E-state index contributed by atoms with van der Waals surface area (Å²) in [6.07, 6.45) is 1.91. The second-order valence-corrected chi connectivity index (χ2v) is 8.85. The van der Waals surface area contributed by atoms with Gasteiger partial charge in [-0.2, -0.15) is 0 Å². The average Bonchev–Trinajstić information content (AvgIpc) is 3.13. The van der Waals surface area contributed by atoms with E-state index in [-0.39, 0.29) is 29.5 Å². The summed E-state index contributed by atoms with van der Waals surface area (Å²) < 4.78 is 37.4. The minimum atomic E-state index is -3.64. The fraction of sp³-hybridized carbons (Fsp3) is 0.389. The number of nitrogens with one attached hydrogen (secondary N) is 1. The minimum Gasteiger partial charge on any atom is -0.493 e. The Labute approximate surface area is 166 Å². The number of fused-ring (bicyclic) bond motifs is 2. The number of benzene rings is 1. The van der Waals surface area contributed by atoms with E-state index in [0.29, 0.717) is 18.8 Å². The number of hydrogen-bond donors (Lipinski definition) is 1. The van der Waals surface area contributed by atoms with Crippen LogP contribution in [0.15, 0.2) is 40.2 Å². The SMILES string of the molecule is Cn1c(=O)c2c(ncn2CCS(=O)(=O)NC2CCOc3ccccc32)n(C)c1=O. The van der Waals surface area contributed by atoms with Crippen LogP contribution in [0.2, 0.25) is 0 Å². The first kappa shape index (κ1) is 19.4. The number of ether oxygens (including phenoxy) is 1. The highest BCUT2D eigenvalue weighted by Gasteiger charge is 2.26. The number of imidazole rings is 1. The summed E-state index contributed by atoms with van der Waals surface area (Å²) in [4.78, 5) is 28.6. The van der Waals surface area contributed by atoms with E-state index < -0.39 is 21.3 Å². The summed E-state index contributed by atoms with van der Waals surface area (Å²) in [5.74, 6) is 0.445. The molecular formula is C18H21N5O5S. The number of para-hydroxylation sites is 1. The molecule has 1 aromatic carbocycles. The highest BCUT2D eigenvalue weighted by molar-refractivity contribution is 7.89. The molecule has 154 valence electrons. The Morgan fingerprint density at radius 1 is 1.21 bits per heavy atom. The fourth-order valence-electron chi connectivity index (χ4n) is 3.53. The number of nitrogens with zero attached hydrogens (tertiary/aromatic N) is 4. The van der Waals surface area contributed by atoms with E-state index in [9.17, 15) is 18.0 Å². The number of aromatic nitrogens is 4. The topological polar surface area (TPSA) is 117 Å². The molecule has 2 aromatic heterocycles. The van der Waals surface area contributed by atoms with Crippen molar-refractivity contribution in [2.45, 2.75) is 19.0 Å². The Morgan fingerprint density at radius 2 is 1.97 bits per heavy atom. The Kier molecular flexibility index (Phi) is 4.79. The quantitative estimate of drug-likeness (QED) is 0.616. The fourth-order valence-corrected chi connectivity index (χ4v) is 4.76. The second-order valence-electron chi connectivity index (χ2n) is 6.98. The summed E-state index contributed by atoms with van der Waals surface area (Å²) in [6.45, 7) is 0.463. The molecule has 1 aliphatic heterocycles. The van der Waals surface area contributed by atoms with Gasteiger partial charge in [0.1, 0.15) is 5.75 Å². The van der Waals surface area contributed by atoms with Crippen LogP contribution >= 0.6 is 0 Å². The Bertz CT molecular complexity index is 1300. The van der Waals surface area contributed by atoms with Gasteiger partial charge < -0.3 is 9.30 Å². The molecular weight excluding hydrogens is 398 g/mol. The predicted octanol–water partition coefficient (Wildman–Crippen LogP) is -0.123. The molecule has 0 saturated heterocycles. The van der Waals surface area contributed by atoms with Crippen LogP contribution in [-0.2, 0) is 30.7 Å². The van der Waals surface area contributed by atoms with Crippen molar-refractivity contribution in [1.29, 1.82) is 0 Å². The maximum Gasteiger partial charge on any atom is 0.332 e. The van der Waals surface area contributed by atoms with Crippen molar-refractivity contribution < 1.29 is 13.2 Å². The molecule has 0 spiro atoms. The third kappa shape index (κ3) is 3.47. The van der Waals surface area contributed by atoms with Crippen molar-refractivity contribution in [3.8, 4) is 5.75 Å². The smallest absolute Gasteiger partial charge is 0.332 e. The molecule has 3 heterocycles. The van der Waals surface area contributed by atoms with Gasteiger partial charge in [0.15, 0.2) is 11.2 Å². The molecule has 11 heteroatoms. The first-order chi connectivity index (χ1) is 13.8. The van der Waals surface area contributed by atoms with E-state index in [2.05, 4.69) is 9.71 Å². The monoisotopic (exact) mass is 419 g/mol. The van der Waals surface area contributed by atoms with Crippen LogP contribution in [0.5, 0.6) is 5.75 Å². The first-order valence-corrected chi connectivity index (χ1v) is 10.8. The van der Waals surface area contributed by atoms with Crippen molar-refractivity contribution in [3.05, 3.63) is 57.0 Å². The standard InChI is InChI=1S/C18H21N5O5S/c1-21-16-15(17(24)22(2)18(21)25)23(11-19-16)8-10-29(26,27)20-13-7-9-28-14-6-4-3-5-12(13)14/h3-6,11,13,20H,7-10H2,1-2H3. The van der Waals surface area contributed by atoms with Crippen molar-refractivity contribution in [1.82, 2.24) is 23.4 Å². The molecule has 10 nitrogen and oxygen atoms in total. The van der Waals surface area contributed by atoms with Gasteiger partial charge in [0.2, 0.25) is 10.0 Å². The highest BCUT2D eigenvalue weighted by atomic mass is 32.2. The summed E-state index contributed by atoms with van der Waals surface area (Å²) >= 11 is 0. The Morgan fingerprint density at radius 3 is 2.76 bits per heavy atom. The Hall–Kier alpha value is -2.92. The lowest BCUT2D eigenvalue weighted by Crippen LogP contribution is -2.38. The maximum atomic E-state index is 12.7. The molecule has 1 aliphatic rings. The van der Waals surface area contributed by atoms with Crippen molar-refractivity contribution in [3.63, 3.8) is 0 Å². The van der Waals surface area contributed by atoms with E-state index in [1.54, 1.807) is 0 Å². The molecule has 4 rings (SSSR count). The van der Waals surface area contributed by atoms with Gasteiger partial charge in [-0.15, -0.1) is 0 Å². The lowest BCUT2D eigenvalue weighted by molar-refractivity contribution is 0.263. The van der Waals surface area contributed by atoms with E-state index in [0.717, 1.165) is 10.1 Å². The molecule has 1 atom stereocenters. The van der Waals surface area contributed by atoms with Crippen LogP contribution in [0, 0.1) is 0 Å². The van der Waals surface area contributed by atoms with Crippen LogP contribution in [0.25, 0.3) is 11.2 Å². The number of sulfonamides is 1. The highest BCUT2D eigenvalue weighted by Crippen LogP contribution is 2.31. The van der Waals surface area contributed by atoms with Gasteiger partial charge in [-0.25, -0.2) is 22.9 Å². The lowest BCUT2D eigenvalue weighted by atomic mass is 10.0. The summed E-state index contributed by atoms with van der Waals surface area (Å²) in [6, 6.07) is 6.97.